The molecule has 0 aliphatic carbocycles. The first kappa shape index (κ1) is 23.5. The average molecular weight is 440 g/mol. The van der Waals surface area contributed by atoms with Gasteiger partial charge < -0.3 is 14.1 Å². The summed E-state index contributed by atoms with van der Waals surface area (Å²) in [6, 6.07) is 21.4. The summed E-state index contributed by atoms with van der Waals surface area (Å²) in [7, 11) is -2.63. The van der Waals surface area contributed by atoms with Gasteiger partial charge in [-0.2, -0.15) is 0 Å². The minimum atomic E-state index is -2.63. The van der Waals surface area contributed by atoms with Crippen LogP contribution in [0.5, 0.6) is 0 Å². The van der Waals surface area contributed by atoms with Crippen molar-refractivity contribution in [3.63, 3.8) is 0 Å². The van der Waals surface area contributed by atoms with Crippen LogP contribution in [0.2, 0.25) is 5.04 Å². The molecule has 2 aromatic rings. The van der Waals surface area contributed by atoms with Crippen LogP contribution in [-0.4, -0.2) is 43.6 Å². The second-order valence-electron chi connectivity index (χ2n) is 10.6. The van der Waals surface area contributed by atoms with E-state index in [2.05, 4.69) is 88.4 Å². The molecule has 0 aromatic heterocycles. The maximum Gasteiger partial charge on any atom is 0.410 e. The van der Waals surface area contributed by atoms with Gasteiger partial charge in [0, 0.05) is 12.6 Å². The van der Waals surface area contributed by atoms with Crippen LogP contribution in [-0.2, 0) is 9.16 Å². The number of rotatable bonds is 4. The molecule has 5 heteroatoms. The summed E-state index contributed by atoms with van der Waals surface area (Å²) in [5, 5.41) is 2.44. The van der Waals surface area contributed by atoms with Gasteiger partial charge in [0.25, 0.3) is 8.32 Å². The van der Waals surface area contributed by atoms with E-state index in [0.29, 0.717) is 6.54 Å². The molecule has 0 unspecified atom stereocenters. The Balaban J connectivity index is 1.98. The quantitative estimate of drug-likeness (QED) is 0.632. The molecule has 0 spiro atoms. The molecule has 0 bridgehead atoms. The largest absolute Gasteiger partial charge is 0.444 e. The molecule has 31 heavy (non-hydrogen) atoms. The molecule has 1 saturated heterocycles. The number of benzene rings is 2. The van der Waals surface area contributed by atoms with Gasteiger partial charge >= 0.3 is 6.09 Å². The van der Waals surface area contributed by atoms with Crippen LogP contribution >= 0.6 is 0 Å². The summed E-state index contributed by atoms with van der Waals surface area (Å²) in [6.07, 6.45) is 0.520. The van der Waals surface area contributed by atoms with Gasteiger partial charge in [0.15, 0.2) is 0 Å². The van der Waals surface area contributed by atoms with Crippen molar-refractivity contribution in [2.75, 3.05) is 6.54 Å². The molecule has 2 atom stereocenters. The first-order valence-electron chi connectivity index (χ1n) is 11.2. The zero-order chi connectivity index (χ0) is 22.9. The van der Waals surface area contributed by atoms with Gasteiger partial charge in [-0.15, -0.1) is 0 Å². The second-order valence-corrected chi connectivity index (χ2v) is 14.9. The zero-order valence-electron chi connectivity index (χ0n) is 20.0. The van der Waals surface area contributed by atoms with Crippen LogP contribution in [0.25, 0.3) is 0 Å². The molecule has 0 N–H and O–H groups in total. The number of likely N-dealkylation sites (tertiary alicyclic amines) is 1. The number of hydrogen-bond donors (Lipinski definition) is 0. The van der Waals surface area contributed by atoms with Gasteiger partial charge in [-0.3, -0.25) is 0 Å². The van der Waals surface area contributed by atoms with Crippen molar-refractivity contribution >= 4 is 24.8 Å². The monoisotopic (exact) mass is 439 g/mol. The average Bonchev–Trinajstić information content (AvgIpc) is 3.05. The van der Waals surface area contributed by atoms with Crippen molar-refractivity contribution in [2.45, 2.75) is 77.7 Å². The van der Waals surface area contributed by atoms with Gasteiger partial charge in [-0.05, 0) is 49.5 Å². The number of ether oxygens (including phenoxy) is 1. The fourth-order valence-corrected chi connectivity index (χ4v) is 9.27. The fraction of sp³-hybridized carbons (Fsp3) is 0.500. The smallest absolute Gasteiger partial charge is 0.410 e. The van der Waals surface area contributed by atoms with E-state index < -0.39 is 13.9 Å². The Morgan fingerprint density at radius 3 is 1.81 bits per heavy atom. The molecule has 1 aliphatic heterocycles. The summed E-state index contributed by atoms with van der Waals surface area (Å²) in [6.45, 7) is 15.2. The van der Waals surface area contributed by atoms with Crippen LogP contribution in [0.3, 0.4) is 0 Å². The highest BCUT2D eigenvalue weighted by molar-refractivity contribution is 6.99. The third-order valence-electron chi connectivity index (χ3n) is 5.92. The molecule has 1 heterocycles. The number of nitrogens with zero attached hydrogens (tertiary/aromatic N) is 1. The summed E-state index contributed by atoms with van der Waals surface area (Å²) < 4.78 is 12.9. The molecule has 168 valence electrons. The third-order valence-corrected chi connectivity index (χ3v) is 11.0. The maximum atomic E-state index is 12.8. The Hall–Kier alpha value is -2.11. The third kappa shape index (κ3) is 5.04. The minimum absolute atomic E-state index is 0.0335. The molecule has 3 rings (SSSR count). The zero-order valence-corrected chi connectivity index (χ0v) is 21.0. The standard InChI is InChI=1S/C26H37NO3Si/c1-20-18-21(19-27(20)24(28)29-25(2,3)4)30-31(26(5,6)7,22-14-10-8-11-15-22)23-16-12-9-13-17-23/h8-17,20-21H,18-19H2,1-7H3/t20-,21+/m1/s1. The topological polar surface area (TPSA) is 38.8 Å². The Kier molecular flexibility index (Phi) is 6.68. The summed E-state index contributed by atoms with van der Waals surface area (Å²) in [5.74, 6) is 0. The predicted molar refractivity (Wildman–Crippen MR) is 130 cm³/mol. The molecule has 2 aromatic carbocycles. The summed E-state index contributed by atoms with van der Waals surface area (Å²) >= 11 is 0. The van der Waals surface area contributed by atoms with Crippen molar-refractivity contribution in [2.24, 2.45) is 0 Å². The van der Waals surface area contributed by atoms with Crippen molar-refractivity contribution in [1.82, 2.24) is 4.90 Å². The molecule has 1 aliphatic rings. The van der Waals surface area contributed by atoms with E-state index in [1.807, 2.05) is 25.7 Å². The minimum Gasteiger partial charge on any atom is -0.444 e. The Labute approximate surface area is 188 Å². The Bertz CT molecular complexity index is 832. The highest BCUT2D eigenvalue weighted by Gasteiger charge is 2.52. The van der Waals surface area contributed by atoms with Gasteiger partial charge in [-0.25, -0.2) is 4.79 Å². The van der Waals surface area contributed by atoms with Gasteiger partial charge in [0.1, 0.15) is 5.60 Å². The van der Waals surface area contributed by atoms with E-state index in [1.165, 1.54) is 10.4 Å². The number of carbonyl (C=O) groups excluding carboxylic acids is 1. The van der Waals surface area contributed by atoms with Crippen LogP contribution in [0.4, 0.5) is 4.79 Å². The van der Waals surface area contributed by atoms with E-state index in [4.69, 9.17) is 9.16 Å². The molecular weight excluding hydrogens is 402 g/mol. The van der Waals surface area contributed by atoms with Crippen molar-refractivity contribution in [3.05, 3.63) is 60.7 Å². The van der Waals surface area contributed by atoms with Gasteiger partial charge in [0.05, 0.1) is 6.10 Å². The van der Waals surface area contributed by atoms with Gasteiger partial charge in [0.2, 0.25) is 0 Å². The van der Waals surface area contributed by atoms with E-state index in [1.54, 1.807) is 0 Å². The van der Waals surface area contributed by atoms with E-state index in [0.717, 1.165) is 6.42 Å². The van der Waals surface area contributed by atoms with Gasteiger partial charge in [-0.1, -0.05) is 81.4 Å². The Morgan fingerprint density at radius 1 is 0.903 bits per heavy atom. The van der Waals surface area contributed by atoms with Crippen molar-refractivity contribution in [3.8, 4) is 0 Å². The lowest BCUT2D eigenvalue weighted by molar-refractivity contribution is 0.0223. The molecular formula is C26H37NO3Si. The lowest BCUT2D eigenvalue weighted by Gasteiger charge is -2.44. The predicted octanol–water partition coefficient (Wildman–Crippen LogP) is 4.96. The SMILES string of the molecule is C[C@@H]1C[C@H](O[Si](c2ccccc2)(c2ccccc2)C(C)(C)C)CN1C(=O)OC(C)(C)C. The number of hydrogen-bond acceptors (Lipinski definition) is 3. The van der Waals surface area contributed by atoms with Crippen LogP contribution in [0.1, 0.15) is 54.9 Å². The normalized spacial score (nSPS) is 20.0. The maximum absolute atomic E-state index is 12.8. The molecule has 4 nitrogen and oxygen atoms in total. The van der Waals surface area contributed by atoms with Crippen molar-refractivity contribution < 1.29 is 14.0 Å². The van der Waals surface area contributed by atoms with Crippen molar-refractivity contribution in [1.29, 1.82) is 0 Å². The van der Waals surface area contributed by atoms with Crippen LogP contribution in [0, 0.1) is 0 Å². The van der Waals surface area contributed by atoms with E-state index in [-0.39, 0.29) is 23.3 Å². The molecule has 0 radical (unpaired) electrons. The number of amides is 1. The lowest BCUT2D eigenvalue weighted by Crippen LogP contribution is -2.67. The highest BCUT2D eigenvalue weighted by atomic mass is 28.4. The van der Waals surface area contributed by atoms with Crippen LogP contribution in [0.15, 0.2) is 60.7 Å². The molecule has 1 amide bonds. The first-order chi connectivity index (χ1) is 14.4. The number of carbonyl (C=O) groups is 1. The lowest BCUT2D eigenvalue weighted by atomic mass is 10.2. The van der Waals surface area contributed by atoms with Crippen LogP contribution < -0.4 is 10.4 Å². The molecule has 0 saturated carbocycles. The van der Waals surface area contributed by atoms with E-state index >= 15 is 0 Å². The highest BCUT2D eigenvalue weighted by Crippen LogP contribution is 2.39. The van der Waals surface area contributed by atoms with E-state index in [9.17, 15) is 4.79 Å². The summed E-state index contributed by atoms with van der Waals surface area (Å²) in [5.41, 5.74) is -0.506. The fourth-order valence-electron chi connectivity index (χ4n) is 4.58. The second kappa shape index (κ2) is 8.79. The molecule has 1 fully saturated rings. The summed E-state index contributed by atoms with van der Waals surface area (Å²) in [4.78, 5) is 14.6. The first-order valence-corrected chi connectivity index (χ1v) is 13.1. The Morgan fingerprint density at radius 2 is 1.39 bits per heavy atom.